The highest BCUT2D eigenvalue weighted by molar-refractivity contribution is 5.98. The first-order valence-electron chi connectivity index (χ1n) is 7.02. The van der Waals surface area contributed by atoms with Gasteiger partial charge in [-0.1, -0.05) is 0 Å². The van der Waals surface area contributed by atoms with E-state index in [9.17, 15) is 9.59 Å². The summed E-state index contributed by atoms with van der Waals surface area (Å²) in [4.78, 5) is 22.7. The molecule has 5 nitrogen and oxygen atoms in total. The van der Waals surface area contributed by atoms with Crippen LogP contribution < -0.4 is 16.0 Å². The number of rotatable bonds is 6. The Labute approximate surface area is 119 Å². The maximum atomic E-state index is 12.1. The maximum absolute atomic E-state index is 12.1. The Hall–Kier alpha value is -1.88. The number of benzene rings is 1. The molecule has 0 spiro atoms. The number of nitrogens with one attached hydrogen (secondary N) is 3. The molecule has 0 aliphatic carbocycles. The lowest BCUT2D eigenvalue weighted by Crippen LogP contribution is -2.33. The Morgan fingerprint density at radius 1 is 1.30 bits per heavy atom. The third-order valence-corrected chi connectivity index (χ3v) is 3.33. The summed E-state index contributed by atoms with van der Waals surface area (Å²) in [7, 11) is 0. The van der Waals surface area contributed by atoms with Crippen molar-refractivity contribution < 1.29 is 9.59 Å². The molecule has 108 valence electrons. The van der Waals surface area contributed by atoms with Gasteiger partial charge in [-0.05, 0) is 36.6 Å². The molecule has 0 bridgehead atoms. The number of fused-ring (bicyclic) bond motifs is 1. The summed E-state index contributed by atoms with van der Waals surface area (Å²) < 4.78 is 0. The van der Waals surface area contributed by atoms with Gasteiger partial charge in [-0.25, -0.2) is 0 Å². The number of amides is 1. The van der Waals surface area contributed by atoms with Gasteiger partial charge >= 0.3 is 0 Å². The molecule has 0 saturated carbocycles. The molecule has 1 amide bonds. The average Bonchev–Trinajstić information content (AvgIpc) is 2.46. The third-order valence-electron chi connectivity index (χ3n) is 3.33. The second-order valence-electron chi connectivity index (χ2n) is 4.99. The van der Waals surface area contributed by atoms with E-state index in [-0.39, 0.29) is 11.7 Å². The molecule has 1 aliphatic heterocycles. The van der Waals surface area contributed by atoms with E-state index >= 15 is 0 Å². The SMILES string of the molecule is CC(=O)NCCNCC(=O)c1ccc2c(c1)CCCN2. The second kappa shape index (κ2) is 7.05. The number of Topliss-reactive ketones (excluding diaryl/α,β-unsaturated/α-hetero) is 1. The summed E-state index contributed by atoms with van der Waals surface area (Å²) in [5.41, 5.74) is 3.12. The van der Waals surface area contributed by atoms with Crippen molar-refractivity contribution in [3.63, 3.8) is 0 Å². The zero-order valence-corrected chi connectivity index (χ0v) is 11.8. The lowest BCUT2D eigenvalue weighted by molar-refractivity contribution is -0.118. The van der Waals surface area contributed by atoms with E-state index in [0.29, 0.717) is 19.6 Å². The smallest absolute Gasteiger partial charge is 0.216 e. The number of hydrogen-bond donors (Lipinski definition) is 3. The van der Waals surface area contributed by atoms with Crippen molar-refractivity contribution in [3.05, 3.63) is 29.3 Å². The van der Waals surface area contributed by atoms with Gasteiger partial charge in [-0.2, -0.15) is 0 Å². The molecule has 0 fully saturated rings. The van der Waals surface area contributed by atoms with Crippen LogP contribution in [0.5, 0.6) is 0 Å². The maximum Gasteiger partial charge on any atom is 0.216 e. The highest BCUT2D eigenvalue weighted by Crippen LogP contribution is 2.22. The Morgan fingerprint density at radius 3 is 2.95 bits per heavy atom. The van der Waals surface area contributed by atoms with Gasteiger partial charge in [0.05, 0.1) is 6.54 Å². The molecule has 1 aliphatic rings. The average molecular weight is 275 g/mol. The fraction of sp³-hybridized carbons (Fsp3) is 0.467. The van der Waals surface area contributed by atoms with Crippen molar-refractivity contribution in [2.45, 2.75) is 19.8 Å². The van der Waals surface area contributed by atoms with Gasteiger partial charge in [0.1, 0.15) is 0 Å². The van der Waals surface area contributed by atoms with Gasteiger partial charge in [0, 0.05) is 37.8 Å². The molecule has 1 heterocycles. The van der Waals surface area contributed by atoms with Crippen LogP contribution >= 0.6 is 0 Å². The van der Waals surface area contributed by atoms with Crippen LogP contribution in [0, 0.1) is 0 Å². The Balaban J connectivity index is 1.82. The van der Waals surface area contributed by atoms with Crippen LogP contribution in [0.1, 0.15) is 29.3 Å². The molecular weight excluding hydrogens is 254 g/mol. The molecule has 0 radical (unpaired) electrons. The largest absolute Gasteiger partial charge is 0.385 e. The van der Waals surface area contributed by atoms with Gasteiger partial charge in [-0.3, -0.25) is 9.59 Å². The standard InChI is InChI=1S/C15H21N3O2/c1-11(19)17-8-7-16-10-15(20)13-4-5-14-12(9-13)3-2-6-18-14/h4-5,9,16,18H,2-3,6-8,10H2,1H3,(H,17,19). The molecule has 5 heteroatoms. The normalized spacial score (nSPS) is 13.2. The fourth-order valence-electron chi connectivity index (χ4n) is 2.28. The van der Waals surface area contributed by atoms with Gasteiger partial charge in [0.2, 0.25) is 5.91 Å². The summed E-state index contributed by atoms with van der Waals surface area (Å²) in [6.07, 6.45) is 2.14. The number of anilines is 1. The van der Waals surface area contributed by atoms with E-state index in [4.69, 9.17) is 0 Å². The lowest BCUT2D eigenvalue weighted by Gasteiger charge is -2.18. The molecule has 3 N–H and O–H groups in total. The van der Waals surface area contributed by atoms with E-state index in [2.05, 4.69) is 16.0 Å². The second-order valence-corrected chi connectivity index (χ2v) is 4.99. The van der Waals surface area contributed by atoms with Crippen LogP contribution in [-0.2, 0) is 11.2 Å². The van der Waals surface area contributed by atoms with Crippen molar-refractivity contribution in [2.24, 2.45) is 0 Å². The van der Waals surface area contributed by atoms with Gasteiger partial charge in [0.15, 0.2) is 5.78 Å². The van der Waals surface area contributed by atoms with Gasteiger partial charge < -0.3 is 16.0 Å². The van der Waals surface area contributed by atoms with E-state index < -0.39 is 0 Å². The molecular formula is C15H21N3O2. The number of aryl methyl sites for hydroxylation is 1. The van der Waals surface area contributed by atoms with Crippen LogP contribution in [0.15, 0.2) is 18.2 Å². The molecule has 1 aromatic rings. The first-order chi connectivity index (χ1) is 9.66. The summed E-state index contributed by atoms with van der Waals surface area (Å²) in [6.45, 7) is 3.91. The number of hydrogen-bond acceptors (Lipinski definition) is 4. The van der Waals surface area contributed by atoms with Crippen LogP contribution in [0.25, 0.3) is 0 Å². The van der Waals surface area contributed by atoms with Gasteiger partial charge in [-0.15, -0.1) is 0 Å². The van der Waals surface area contributed by atoms with Crippen LogP contribution in [-0.4, -0.2) is 37.9 Å². The number of carbonyl (C=O) groups is 2. The van der Waals surface area contributed by atoms with E-state index in [1.807, 2.05) is 18.2 Å². The van der Waals surface area contributed by atoms with Crippen LogP contribution in [0.2, 0.25) is 0 Å². The highest BCUT2D eigenvalue weighted by Gasteiger charge is 2.12. The Bertz CT molecular complexity index is 500. The van der Waals surface area contributed by atoms with Gasteiger partial charge in [0.25, 0.3) is 0 Å². The summed E-state index contributed by atoms with van der Waals surface area (Å²) in [5, 5.41) is 9.05. The minimum atomic E-state index is -0.0553. The molecule has 20 heavy (non-hydrogen) atoms. The van der Waals surface area contributed by atoms with Crippen molar-refractivity contribution in [1.82, 2.24) is 10.6 Å². The summed E-state index contributed by atoms with van der Waals surface area (Å²) >= 11 is 0. The Morgan fingerprint density at radius 2 is 2.15 bits per heavy atom. The predicted octanol–water partition coefficient (Wildman–Crippen LogP) is 0.953. The van der Waals surface area contributed by atoms with Crippen molar-refractivity contribution in [2.75, 3.05) is 31.5 Å². The van der Waals surface area contributed by atoms with E-state index in [1.165, 1.54) is 12.5 Å². The lowest BCUT2D eigenvalue weighted by atomic mass is 9.99. The minimum Gasteiger partial charge on any atom is -0.385 e. The highest BCUT2D eigenvalue weighted by atomic mass is 16.1. The topological polar surface area (TPSA) is 70.2 Å². The first-order valence-corrected chi connectivity index (χ1v) is 7.02. The first kappa shape index (κ1) is 14.5. The number of carbonyl (C=O) groups excluding carboxylic acids is 2. The van der Waals surface area contributed by atoms with E-state index in [0.717, 1.165) is 30.6 Å². The monoisotopic (exact) mass is 275 g/mol. The van der Waals surface area contributed by atoms with Crippen molar-refractivity contribution in [3.8, 4) is 0 Å². The fourth-order valence-corrected chi connectivity index (χ4v) is 2.28. The van der Waals surface area contributed by atoms with Crippen LogP contribution in [0.3, 0.4) is 0 Å². The minimum absolute atomic E-state index is 0.0553. The molecule has 0 saturated heterocycles. The van der Waals surface area contributed by atoms with Crippen LogP contribution in [0.4, 0.5) is 5.69 Å². The molecule has 0 atom stereocenters. The molecule has 0 aromatic heterocycles. The molecule has 1 aromatic carbocycles. The summed E-state index contributed by atoms with van der Waals surface area (Å²) in [5.74, 6) is 0.0292. The third kappa shape index (κ3) is 4.06. The quantitative estimate of drug-likeness (QED) is 0.534. The van der Waals surface area contributed by atoms with Crippen molar-refractivity contribution in [1.29, 1.82) is 0 Å². The number of ketones is 1. The van der Waals surface area contributed by atoms with E-state index in [1.54, 1.807) is 0 Å². The zero-order chi connectivity index (χ0) is 14.4. The predicted molar refractivity (Wildman–Crippen MR) is 79.1 cm³/mol. The molecule has 0 unspecified atom stereocenters. The Kier molecular flexibility index (Phi) is 5.12. The molecule has 2 rings (SSSR count). The zero-order valence-electron chi connectivity index (χ0n) is 11.8. The van der Waals surface area contributed by atoms with Crippen molar-refractivity contribution >= 4 is 17.4 Å². The summed E-state index contributed by atoms with van der Waals surface area (Å²) in [6, 6.07) is 5.84.